The normalized spacial score (nSPS) is 52.0. The smallest absolute Gasteiger partial charge is 0.335 e. The summed E-state index contributed by atoms with van der Waals surface area (Å²) in [6.45, 7) is 5.45. The summed E-state index contributed by atoms with van der Waals surface area (Å²) in [7, 11) is 0. The number of carboxylic acid groups (broad SMARTS) is 1. The van der Waals surface area contributed by atoms with E-state index in [2.05, 4.69) is 6.92 Å². The zero-order valence-corrected chi connectivity index (χ0v) is 24.7. The fourth-order valence-corrected chi connectivity index (χ4v) is 9.58. The Bertz CT molecular complexity index is 1190. The van der Waals surface area contributed by atoms with Crippen molar-refractivity contribution in [1.29, 1.82) is 0 Å². The molecule has 0 aromatic rings. The van der Waals surface area contributed by atoms with Crippen LogP contribution >= 0.6 is 0 Å². The number of ether oxygens (including phenoxy) is 4. The molecule has 0 radical (unpaired) electrons. The highest BCUT2D eigenvalue weighted by Gasteiger charge is 2.75. The molecular formula is C31H44O12. The van der Waals surface area contributed by atoms with Gasteiger partial charge in [-0.2, -0.15) is 0 Å². The molecule has 12 nitrogen and oxygen atoms in total. The first kappa shape index (κ1) is 31.3. The molecule has 2 saturated heterocycles. The molecule has 2 aliphatic heterocycles. The van der Waals surface area contributed by atoms with Gasteiger partial charge in [-0.1, -0.05) is 51.0 Å². The van der Waals surface area contributed by atoms with Crippen molar-refractivity contribution in [2.45, 2.75) is 120 Å². The number of carboxylic acids is 1. The average molecular weight is 609 g/mol. The Balaban J connectivity index is 1.29. The number of rotatable bonds is 7. The molecule has 3 saturated carbocycles. The van der Waals surface area contributed by atoms with Crippen LogP contribution in [0.5, 0.6) is 0 Å². The van der Waals surface area contributed by atoms with Crippen molar-refractivity contribution in [2.75, 3.05) is 6.61 Å². The van der Waals surface area contributed by atoms with Gasteiger partial charge in [0.25, 0.3) is 0 Å². The second kappa shape index (κ2) is 11.0. The number of aliphatic hydroxyl groups is 5. The van der Waals surface area contributed by atoms with Crippen molar-refractivity contribution >= 4 is 11.8 Å². The Labute approximate surface area is 250 Å². The molecular weight excluding hydrogens is 564 g/mol. The summed E-state index contributed by atoms with van der Waals surface area (Å²) < 4.78 is 23.8. The van der Waals surface area contributed by atoms with Crippen LogP contribution in [0.4, 0.5) is 0 Å². The van der Waals surface area contributed by atoms with Gasteiger partial charge in [-0.25, -0.2) is 4.79 Å². The van der Waals surface area contributed by atoms with Crippen molar-refractivity contribution < 1.29 is 59.2 Å². The molecule has 0 aromatic carbocycles. The monoisotopic (exact) mass is 608 g/mol. The van der Waals surface area contributed by atoms with Gasteiger partial charge in [-0.05, 0) is 43.9 Å². The van der Waals surface area contributed by atoms with E-state index in [-0.39, 0.29) is 24.2 Å². The lowest BCUT2D eigenvalue weighted by molar-refractivity contribution is -0.293. The van der Waals surface area contributed by atoms with Crippen LogP contribution in [0.1, 0.15) is 59.3 Å². The zero-order chi connectivity index (χ0) is 31.1. The number of aliphatic hydroxyl groups excluding tert-OH is 5. The molecule has 0 amide bonds. The van der Waals surface area contributed by atoms with Gasteiger partial charge in [0.05, 0.1) is 18.3 Å². The number of aliphatic carboxylic acids is 1. The predicted octanol–water partition coefficient (Wildman–Crippen LogP) is 0.425. The van der Waals surface area contributed by atoms with Crippen LogP contribution in [0.15, 0.2) is 23.8 Å². The van der Waals surface area contributed by atoms with E-state index in [0.29, 0.717) is 12.8 Å². The van der Waals surface area contributed by atoms with Crippen LogP contribution in [0.3, 0.4) is 0 Å². The summed E-state index contributed by atoms with van der Waals surface area (Å²) in [4.78, 5) is 25.9. The van der Waals surface area contributed by atoms with Gasteiger partial charge in [0, 0.05) is 16.7 Å². The molecule has 240 valence electrons. The van der Waals surface area contributed by atoms with E-state index in [9.17, 15) is 40.2 Å². The summed E-state index contributed by atoms with van der Waals surface area (Å²) in [5.74, 6) is -2.11. The predicted molar refractivity (Wildman–Crippen MR) is 147 cm³/mol. The highest BCUT2D eigenvalue weighted by atomic mass is 16.7. The molecule has 2 heterocycles. The second-order valence-electron chi connectivity index (χ2n) is 13.7. The molecule has 5 fully saturated rings. The van der Waals surface area contributed by atoms with Crippen LogP contribution in [0.25, 0.3) is 0 Å². The minimum absolute atomic E-state index is 0.0269. The molecule has 6 aliphatic rings. The number of fused-ring (bicyclic) bond motifs is 7. The molecule has 0 bridgehead atoms. The Kier molecular flexibility index (Phi) is 7.96. The lowest BCUT2D eigenvalue weighted by Gasteiger charge is -2.60. The maximum Gasteiger partial charge on any atom is 0.335 e. The third-order valence-corrected chi connectivity index (χ3v) is 11.5. The number of ketones is 1. The summed E-state index contributed by atoms with van der Waals surface area (Å²) in [5.41, 5.74) is -1.60. The van der Waals surface area contributed by atoms with Crippen LogP contribution in [-0.4, -0.2) is 110 Å². The summed E-state index contributed by atoms with van der Waals surface area (Å²) in [6, 6.07) is 0. The summed E-state index contributed by atoms with van der Waals surface area (Å²) in [5, 5.41) is 62.1. The van der Waals surface area contributed by atoms with Gasteiger partial charge in [0.1, 0.15) is 24.9 Å². The van der Waals surface area contributed by atoms with Gasteiger partial charge in [0.2, 0.25) is 0 Å². The molecule has 4 aliphatic carbocycles. The first-order valence-corrected chi connectivity index (χ1v) is 15.5. The van der Waals surface area contributed by atoms with Crippen molar-refractivity contribution in [3.63, 3.8) is 0 Å². The summed E-state index contributed by atoms with van der Waals surface area (Å²) in [6.07, 6.45) is -2.34. The number of hydrogen-bond acceptors (Lipinski definition) is 11. The third-order valence-electron chi connectivity index (χ3n) is 11.5. The van der Waals surface area contributed by atoms with Crippen LogP contribution in [0.2, 0.25) is 0 Å². The quantitative estimate of drug-likeness (QED) is 0.219. The van der Waals surface area contributed by atoms with E-state index in [1.807, 2.05) is 26.0 Å². The number of allylic oxidation sites excluding steroid dienone is 2. The van der Waals surface area contributed by atoms with E-state index in [0.717, 1.165) is 24.8 Å². The Morgan fingerprint density at radius 2 is 1.81 bits per heavy atom. The SMILES string of the molecule is CCCC1O[C@@H]2C[C@H]3[C@@H]4CCC5=CC(O)C=C[C@]5(C)[C@H]4[C@@H](O)C[C@]3(C)[C@]2(C(=O)CO[C@@H]2O[C@H](C(=O)O)[C@@H](O)[C@H](O)[C@H]2O)O1. The van der Waals surface area contributed by atoms with Crippen molar-refractivity contribution in [2.24, 2.45) is 28.6 Å². The number of Topliss-reactive ketones (excluding diaryl/α,β-unsaturated/α-hetero) is 1. The van der Waals surface area contributed by atoms with Crippen LogP contribution in [-0.2, 0) is 28.5 Å². The van der Waals surface area contributed by atoms with Crippen LogP contribution in [0, 0.1) is 28.6 Å². The maximum atomic E-state index is 14.3. The van der Waals surface area contributed by atoms with E-state index >= 15 is 0 Å². The first-order valence-electron chi connectivity index (χ1n) is 15.5. The van der Waals surface area contributed by atoms with Gasteiger partial charge >= 0.3 is 5.97 Å². The van der Waals surface area contributed by atoms with Crippen LogP contribution < -0.4 is 0 Å². The molecule has 6 rings (SSSR count). The molecule has 2 unspecified atom stereocenters. The molecule has 0 aromatic heterocycles. The van der Waals surface area contributed by atoms with Gasteiger partial charge in [-0.3, -0.25) is 4.79 Å². The Hall–Kier alpha value is -1.74. The van der Waals surface area contributed by atoms with Gasteiger partial charge < -0.3 is 49.6 Å². The molecule has 12 heteroatoms. The number of carbonyl (C=O) groups excluding carboxylic acids is 1. The van der Waals surface area contributed by atoms with Gasteiger partial charge in [0.15, 0.2) is 30.1 Å². The Morgan fingerprint density at radius 1 is 1.07 bits per heavy atom. The minimum Gasteiger partial charge on any atom is -0.479 e. The molecule has 0 spiro atoms. The van der Waals surface area contributed by atoms with E-state index in [1.54, 1.807) is 6.08 Å². The highest BCUT2D eigenvalue weighted by molar-refractivity contribution is 5.91. The van der Waals surface area contributed by atoms with Crippen molar-refractivity contribution in [1.82, 2.24) is 0 Å². The van der Waals surface area contributed by atoms with E-state index < -0.39 is 90.1 Å². The highest BCUT2D eigenvalue weighted by Crippen LogP contribution is 2.69. The number of carbonyl (C=O) groups is 2. The summed E-state index contributed by atoms with van der Waals surface area (Å²) >= 11 is 0. The maximum absolute atomic E-state index is 14.3. The minimum atomic E-state index is -1.88. The largest absolute Gasteiger partial charge is 0.479 e. The van der Waals surface area contributed by atoms with Crippen molar-refractivity contribution in [3.8, 4) is 0 Å². The fraction of sp³-hybridized carbons (Fsp3) is 0.806. The topological polar surface area (TPSA) is 192 Å². The van der Waals surface area contributed by atoms with E-state index in [1.165, 1.54) is 0 Å². The van der Waals surface area contributed by atoms with Crippen molar-refractivity contribution in [3.05, 3.63) is 23.8 Å². The number of hydrogen-bond donors (Lipinski definition) is 6. The standard InChI is InChI=1S/C31H44O12/c1-4-5-21-41-20-11-17-16-7-6-14-10-15(32)8-9-29(14,2)22(16)18(33)12-30(17,3)31(20,43-21)19(34)13-40-28-25(37)23(35)24(36)26(42-28)27(38)39/h8-10,15-18,20-26,28,32-33,35-37H,4-7,11-13H2,1-3H3,(H,38,39)/t15?,16-,17-,18-,20+,21?,22+,23-,24-,25+,26-,28+,29-,30-,31+/m0/s1. The zero-order valence-electron chi connectivity index (χ0n) is 24.7. The third kappa shape index (κ3) is 4.51. The lowest BCUT2D eigenvalue weighted by atomic mass is 9.46. The molecule has 6 N–H and O–H groups in total. The first-order chi connectivity index (χ1) is 20.3. The van der Waals surface area contributed by atoms with E-state index in [4.69, 9.17) is 18.9 Å². The lowest BCUT2D eigenvalue weighted by Crippen LogP contribution is -2.64. The molecule has 43 heavy (non-hydrogen) atoms. The molecule has 15 atom stereocenters. The van der Waals surface area contributed by atoms with Gasteiger partial charge in [-0.15, -0.1) is 0 Å². The second-order valence-corrected chi connectivity index (χ2v) is 13.7. The fourth-order valence-electron chi connectivity index (χ4n) is 9.58. The Morgan fingerprint density at radius 3 is 2.51 bits per heavy atom. The average Bonchev–Trinajstić information content (AvgIpc) is 3.43.